The largest absolute Gasteiger partial charge is 0.458 e. The Bertz CT molecular complexity index is 447. The fourth-order valence-corrected chi connectivity index (χ4v) is 1.32. The van der Waals surface area contributed by atoms with Gasteiger partial charge in [0.05, 0.1) is 12.5 Å². The van der Waals surface area contributed by atoms with Crippen molar-refractivity contribution in [2.45, 2.75) is 20.0 Å². The first-order valence-corrected chi connectivity index (χ1v) is 6.76. The number of aliphatic imine (C=N–C) groups is 1. The quantitative estimate of drug-likeness (QED) is 0.563. The van der Waals surface area contributed by atoms with Crippen LogP contribution in [0, 0.1) is 0 Å². The summed E-state index contributed by atoms with van der Waals surface area (Å²) in [7, 11) is -3.43. The van der Waals surface area contributed by atoms with E-state index in [9.17, 15) is 8.42 Å². The molecule has 0 radical (unpaired) electrons. The molecule has 0 aromatic carbocycles. The third-order valence-electron chi connectivity index (χ3n) is 1.67. The van der Waals surface area contributed by atoms with Gasteiger partial charge in [-0.1, -0.05) is 6.92 Å². The number of hydrogen-bond acceptors (Lipinski definition) is 5. The molecule has 0 aliphatic carbocycles. The molecule has 1 rings (SSSR count). The van der Waals surface area contributed by atoms with Crippen molar-refractivity contribution in [1.29, 1.82) is 0 Å². The van der Waals surface area contributed by atoms with Crippen molar-refractivity contribution in [1.82, 2.24) is 0 Å². The van der Waals surface area contributed by atoms with Crippen molar-refractivity contribution < 1.29 is 17.0 Å². The molecule has 1 aromatic rings. The van der Waals surface area contributed by atoms with Gasteiger partial charge in [0, 0.05) is 6.54 Å². The maximum atomic E-state index is 10.7. The normalized spacial score (nSPS) is 12.4. The molecule has 1 aromatic heterocycles. The van der Waals surface area contributed by atoms with E-state index < -0.39 is 10.1 Å². The van der Waals surface area contributed by atoms with Gasteiger partial charge in [-0.25, -0.2) is 0 Å². The lowest BCUT2D eigenvalue weighted by atomic mass is 10.4. The van der Waals surface area contributed by atoms with E-state index in [0.717, 1.165) is 19.2 Å². The molecule has 5 nitrogen and oxygen atoms in total. The minimum absolute atomic E-state index is 0.0829. The highest BCUT2D eigenvalue weighted by atomic mass is 32.2. The molecular formula is C10H15NO4S. The second kappa shape index (κ2) is 5.81. The lowest BCUT2D eigenvalue weighted by molar-refractivity contribution is 0.276. The van der Waals surface area contributed by atoms with Gasteiger partial charge >= 0.3 is 0 Å². The molecule has 0 N–H and O–H groups in total. The van der Waals surface area contributed by atoms with Gasteiger partial charge in [-0.05, 0) is 18.6 Å². The molecular weight excluding hydrogens is 230 g/mol. The highest BCUT2D eigenvalue weighted by molar-refractivity contribution is 7.85. The van der Waals surface area contributed by atoms with Crippen LogP contribution in [0.15, 0.2) is 21.5 Å². The Balaban J connectivity index is 2.52. The molecule has 0 saturated carbocycles. The van der Waals surface area contributed by atoms with Crippen LogP contribution in [0.2, 0.25) is 0 Å². The lowest BCUT2D eigenvalue weighted by Gasteiger charge is -1.96. The highest BCUT2D eigenvalue weighted by Gasteiger charge is 2.05. The summed E-state index contributed by atoms with van der Waals surface area (Å²) in [5.41, 5.74) is 0. The molecule has 16 heavy (non-hydrogen) atoms. The fraction of sp³-hybridized carbons (Fsp3) is 0.500. The van der Waals surface area contributed by atoms with E-state index in [0.29, 0.717) is 11.5 Å². The molecule has 90 valence electrons. The van der Waals surface area contributed by atoms with Crippen LogP contribution >= 0.6 is 0 Å². The summed E-state index contributed by atoms with van der Waals surface area (Å²) >= 11 is 0. The van der Waals surface area contributed by atoms with Gasteiger partial charge in [0.1, 0.15) is 18.1 Å². The molecule has 0 aliphatic heterocycles. The standard InChI is InChI=1S/C10H15NO4S/c1-3-6-11-7-9-4-5-10(15-9)8-14-16(2,12)13/h4-5,7H,3,6,8H2,1-2H3. The van der Waals surface area contributed by atoms with E-state index in [2.05, 4.69) is 9.18 Å². The van der Waals surface area contributed by atoms with Gasteiger partial charge < -0.3 is 4.42 Å². The van der Waals surface area contributed by atoms with Crippen molar-refractivity contribution in [3.63, 3.8) is 0 Å². The predicted octanol–water partition coefficient (Wildman–Crippen LogP) is 1.58. The SMILES string of the molecule is CCCN=Cc1ccc(COS(C)(=O)=O)o1. The average Bonchev–Trinajstić information content (AvgIpc) is 2.62. The van der Waals surface area contributed by atoms with Crippen molar-refractivity contribution in [2.24, 2.45) is 4.99 Å². The molecule has 1 heterocycles. The van der Waals surface area contributed by atoms with Gasteiger partial charge in [-0.3, -0.25) is 9.18 Å². The second-order valence-electron chi connectivity index (χ2n) is 3.31. The number of nitrogens with zero attached hydrogens (tertiary/aromatic N) is 1. The second-order valence-corrected chi connectivity index (χ2v) is 4.95. The van der Waals surface area contributed by atoms with Crippen molar-refractivity contribution in [2.75, 3.05) is 12.8 Å². The Morgan fingerprint density at radius 3 is 2.88 bits per heavy atom. The van der Waals surface area contributed by atoms with E-state index in [1.165, 1.54) is 0 Å². The minimum atomic E-state index is -3.43. The fourth-order valence-electron chi connectivity index (χ4n) is 0.990. The topological polar surface area (TPSA) is 68.9 Å². The Morgan fingerprint density at radius 2 is 2.25 bits per heavy atom. The maximum absolute atomic E-state index is 10.7. The zero-order valence-electron chi connectivity index (χ0n) is 9.34. The third-order valence-corrected chi connectivity index (χ3v) is 2.21. The van der Waals surface area contributed by atoms with Crippen molar-refractivity contribution >= 4 is 16.3 Å². The summed E-state index contributed by atoms with van der Waals surface area (Å²) in [6.45, 7) is 2.70. The lowest BCUT2D eigenvalue weighted by Crippen LogP contribution is -2.01. The van der Waals surface area contributed by atoms with Crippen LogP contribution in [0.5, 0.6) is 0 Å². The van der Waals surface area contributed by atoms with Gasteiger partial charge in [0.2, 0.25) is 0 Å². The molecule has 0 bridgehead atoms. The monoisotopic (exact) mass is 245 g/mol. The molecule has 0 saturated heterocycles. The zero-order chi connectivity index (χ0) is 12.0. The van der Waals surface area contributed by atoms with Crippen LogP contribution in [0.3, 0.4) is 0 Å². The molecule has 0 spiro atoms. The van der Waals surface area contributed by atoms with E-state index in [1.807, 2.05) is 6.92 Å². The third kappa shape index (κ3) is 5.09. The molecule has 0 aliphatic rings. The van der Waals surface area contributed by atoms with Crippen LogP contribution in [0.4, 0.5) is 0 Å². The first-order chi connectivity index (χ1) is 7.51. The Morgan fingerprint density at radius 1 is 1.50 bits per heavy atom. The Kier molecular flexibility index (Phi) is 4.70. The maximum Gasteiger partial charge on any atom is 0.264 e. The van der Waals surface area contributed by atoms with Crippen LogP contribution in [-0.2, 0) is 20.9 Å². The summed E-state index contributed by atoms with van der Waals surface area (Å²) in [5, 5.41) is 0. The van der Waals surface area contributed by atoms with Gasteiger partial charge in [-0.2, -0.15) is 8.42 Å². The Hall–Kier alpha value is -1.14. The molecule has 0 amide bonds. The molecule has 0 unspecified atom stereocenters. The van der Waals surface area contributed by atoms with E-state index in [1.54, 1.807) is 18.3 Å². The number of hydrogen-bond donors (Lipinski definition) is 0. The van der Waals surface area contributed by atoms with Gasteiger partial charge in [0.25, 0.3) is 10.1 Å². The van der Waals surface area contributed by atoms with Crippen LogP contribution in [-0.4, -0.2) is 27.4 Å². The van der Waals surface area contributed by atoms with Crippen molar-refractivity contribution in [3.05, 3.63) is 23.7 Å². The van der Waals surface area contributed by atoms with Crippen molar-refractivity contribution in [3.8, 4) is 0 Å². The predicted molar refractivity (Wildman–Crippen MR) is 61.1 cm³/mol. The van der Waals surface area contributed by atoms with Gasteiger partial charge in [0.15, 0.2) is 0 Å². The summed E-state index contributed by atoms with van der Waals surface area (Å²) in [6.07, 6.45) is 3.59. The zero-order valence-corrected chi connectivity index (χ0v) is 10.2. The van der Waals surface area contributed by atoms with Crippen LogP contribution < -0.4 is 0 Å². The molecule has 0 atom stereocenters. The minimum Gasteiger partial charge on any atom is -0.458 e. The number of rotatable bonds is 6. The molecule has 0 fully saturated rings. The summed E-state index contributed by atoms with van der Waals surface area (Å²) < 4.78 is 31.3. The van der Waals surface area contributed by atoms with E-state index in [-0.39, 0.29) is 6.61 Å². The van der Waals surface area contributed by atoms with E-state index in [4.69, 9.17) is 4.42 Å². The smallest absolute Gasteiger partial charge is 0.264 e. The first kappa shape index (κ1) is 12.9. The van der Waals surface area contributed by atoms with Crippen LogP contribution in [0.25, 0.3) is 0 Å². The molecule has 6 heteroatoms. The van der Waals surface area contributed by atoms with Gasteiger partial charge in [-0.15, -0.1) is 0 Å². The first-order valence-electron chi connectivity index (χ1n) is 4.94. The summed E-state index contributed by atoms with van der Waals surface area (Å²) in [5.74, 6) is 1.06. The van der Waals surface area contributed by atoms with E-state index >= 15 is 0 Å². The Labute approximate surface area is 95.3 Å². The average molecular weight is 245 g/mol. The summed E-state index contributed by atoms with van der Waals surface area (Å²) in [4.78, 5) is 4.10. The van der Waals surface area contributed by atoms with Crippen LogP contribution in [0.1, 0.15) is 24.9 Å². The summed E-state index contributed by atoms with van der Waals surface area (Å²) in [6, 6.07) is 3.39. The highest BCUT2D eigenvalue weighted by Crippen LogP contribution is 2.08. The number of furan rings is 1.